The van der Waals surface area contributed by atoms with Crippen molar-refractivity contribution < 1.29 is 38.1 Å². The standard InChI is InChI=1S/C45H42N6O8/c1-48-34-19-40(38(56-3)17-32(34)42(52)50-21-27-9-6-5-8-25(27)15-36(50)44(48)54)58-23-30-10-7-11-31(47-30)24-59-41-20-35-33(18-39(41)57-4)43(53)51-22-28-14-29(46)13-12-26(28)16-37(51)45(55)49(35)2/h5-14,17-20,36-37H,15-16,21-24,46H2,1-4H3/t36-,37?/m0/s1. The fraction of sp³-hybridized carbons (Fsp3) is 0.267. The first-order chi connectivity index (χ1) is 28.5. The monoisotopic (exact) mass is 794 g/mol. The Kier molecular flexibility index (Phi) is 9.33. The molecular formula is C45H42N6O8. The number of nitrogens with two attached hydrogens (primary N) is 1. The van der Waals surface area contributed by atoms with Gasteiger partial charge in [-0.25, -0.2) is 0 Å². The van der Waals surface area contributed by atoms with Crippen LogP contribution in [0.3, 0.4) is 0 Å². The number of hydrogen-bond donors (Lipinski definition) is 1. The summed E-state index contributed by atoms with van der Waals surface area (Å²) in [4.78, 5) is 66.7. The molecule has 14 nitrogen and oxygen atoms in total. The van der Waals surface area contributed by atoms with E-state index >= 15 is 0 Å². The molecule has 2 N–H and O–H groups in total. The predicted octanol–water partition coefficient (Wildman–Crippen LogP) is 4.93. The average molecular weight is 795 g/mol. The molecule has 0 bridgehead atoms. The van der Waals surface area contributed by atoms with Crippen molar-refractivity contribution in [2.45, 2.75) is 51.2 Å². The van der Waals surface area contributed by atoms with Crippen LogP contribution in [0.15, 0.2) is 84.9 Å². The molecule has 14 heteroatoms. The van der Waals surface area contributed by atoms with Crippen molar-refractivity contribution in [2.75, 3.05) is 43.8 Å². The van der Waals surface area contributed by atoms with Crippen LogP contribution in [0.5, 0.6) is 23.0 Å². The number of benzene rings is 4. The summed E-state index contributed by atoms with van der Waals surface area (Å²) in [5.74, 6) is 0.432. The van der Waals surface area contributed by atoms with Crippen molar-refractivity contribution in [1.29, 1.82) is 0 Å². The molecule has 0 spiro atoms. The van der Waals surface area contributed by atoms with Crippen LogP contribution in [-0.4, -0.2) is 78.8 Å². The Bertz CT molecular complexity index is 2580. The van der Waals surface area contributed by atoms with Gasteiger partial charge in [0.2, 0.25) is 11.8 Å². The minimum Gasteiger partial charge on any atom is -0.493 e. The number of hydrogen-bond acceptors (Lipinski definition) is 10. The van der Waals surface area contributed by atoms with Crippen molar-refractivity contribution in [3.63, 3.8) is 0 Å². The second kappa shape index (κ2) is 14.7. The first-order valence-corrected chi connectivity index (χ1v) is 19.3. The van der Waals surface area contributed by atoms with E-state index in [-0.39, 0.29) is 43.4 Å². The predicted molar refractivity (Wildman–Crippen MR) is 218 cm³/mol. The van der Waals surface area contributed by atoms with Gasteiger partial charge in [-0.05, 0) is 58.7 Å². The van der Waals surface area contributed by atoms with Crippen molar-refractivity contribution in [1.82, 2.24) is 14.8 Å². The number of aromatic nitrogens is 1. The van der Waals surface area contributed by atoms with Crippen LogP contribution < -0.4 is 34.5 Å². The van der Waals surface area contributed by atoms with Crippen LogP contribution in [0, 0.1) is 0 Å². The Hall–Kier alpha value is -7.09. The zero-order chi connectivity index (χ0) is 41.1. The van der Waals surface area contributed by atoms with Gasteiger partial charge in [-0.3, -0.25) is 24.2 Å². The lowest BCUT2D eigenvalue weighted by Gasteiger charge is -2.35. The Morgan fingerprint density at radius 2 is 1.08 bits per heavy atom. The number of likely N-dealkylation sites (N-methyl/N-ethyl adjacent to an activating group) is 2. The van der Waals surface area contributed by atoms with Crippen LogP contribution >= 0.6 is 0 Å². The molecule has 5 heterocycles. The van der Waals surface area contributed by atoms with E-state index in [2.05, 4.69) is 0 Å². The van der Waals surface area contributed by atoms with Gasteiger partial charge in [0.15, 0.2) is 23.0 Å². The van der Waals surface area contributed by atoms with Gasteiger partial charge in [0.05, 0.1) is 48.1 Å². The third-order valence-electron chi connectivity index (χ3n) is 11.7. The lowest BCUT2D eigenvalue weighted by Crippen LogP contribution is -2.50. The highest BCUT2D eigenvalue weighted by molar-refractivity contribution is 6.12. The van der Waals surface area contributed by atoms with E-state index in [4.69, 9.17) is 29.7 Å². The van der Waals surface area contributed by atoms with E-state index in [1.165, 1.54) is 24.0 Å². The Balaban J connectivity index is 0.922. The SMILES string of the molecule is COc1cc2c(cc1OCc1cccc(COc3cc4c(cc3OC)C(=O)N3Cc5ccccc5C[C@H]3C(=O)N4C)n1)N(C)C(=O)C1Cc3ccc(N)cc3CN1C2=O. The third-order valence-corrected chi connectivity index (χ3v) is 11.7. The number of amides is 4. The van der Waals surface area contributed by atoms with E-state index in [0.717, 1.165) is 22.3 Å². The molecule has 0 aliphatic carbocycles. The zero-order valence-corrected chi connectivity index (χ0v) is 33.1. The molecule has 5 aromatic rings. The molecule has 4 aromatic carbocycles. The first kappa shape index (κ1) is 37.5. The van der Waals surface area contributed by atoms with E-state index in [1.54, 1.807) is 48.2 Å². The topological polar surface area (TPSA) is 157 Å². The Labute approximate surface area is 340 Å². The molecule has 9 rings (SSSR count). The van der Waals surface area contributed by atoms with Crippen molar-refractivity contribution in [3.05, 3.63) is 130 Å². The molecule has 59 heavy (non-hydrogen) atoms. The van der Waals surface area contributed by atoms with Gasteiger partial charge in [-0.1, -0.05) is 36.4 Å². The second-order valence-corrected chi connectivity index (χ2v) is 15.1. The normalized spacial score (nSPS) is 18.1. The number of carbonyl (C=O) groups is 4. The van der Waals surface area contributed by atoms with Crippen LogP contribution in [0.1, 0.15) is 54.4 Å². The fourth-order valence-corrected chi connectivity index (χ4v) is 8.52. The molecule has 4 amide bonds. The summed E-state index contributed by atoms with van der Waals surface area (Å²) in [5, 5.41) is 0. The minimum atomic E-state index is -0.669. The van der Waals surface area contributed by atoms with Gasteiger partial charge in [0, 0.05) is 57.8 Å². The van der Waals surface area contributed by atoms with E-state index in [9.17, 15) is 19.2 Å². The molecule has 0 saturated carbocycles. The molecule has 0 fully saturated rings. The number of ether oxygens (including phenoxy) is 4. The van der Waals surface area contributed by atoms with Crippen molar-refractivity contribution >= 4 is 40.7 Å². The van der Waals surface area contributed by atoms with E-state index < -0.39 is 12.1 Å². The molecule has 4 aliphatic heterocycles. The smallest absolute Gasteiger partial charge is 0.257 e. The maximum atomic E-state index is 14.0. The van der Waals surface area contributed by atoms with Gasteiger partial charge in [-0.15, -0.1) is 0 Å². The minimum absolute atomic E-state index is 0.0405. The summed E-state index contributed by atoms with van der Waals surface area (Å²) in [6.07, 6.45) is 0.821. The maximum Gasteiger partial charge on any atom is 0.257 e. The molecule has 2 atom stereocenters. The zero-order valence-electron chi connectivity index (χ0n) is 33.1. The molecule has 0 radical (unpaired) electrons. The van der Waals surface area contributed by atoms with Gasteiger partial charge < -0.3 is 44.3 Å². The largest absolute Gasteiger partial charge is 0.493 e. The van der Waals surface area contributed by atoms with Gasteiger partial charge in [0.1, 0.15) is 25.3 Å². The van der Waals surface area contributed by atoms with E-state index in [0.29, 0.717) is 82.0 Å². The molecule has 4 aliphatic rings. The van der Waals surface area contributed by atoms with Gasteiger partial charge in [0.25, 0.3) is 11.8 Å². The Morgan fingerprint density at radius 3 is 1.61 bits per heavy atom. The van der Waals surface area contributed by atoms with Crippen LogP contribution in [-0.2, 0) is 48.7 Å². The number of methoxy groups -OCH3 is 2. The maximum absolute atomic E-state index is 14.0. The number of pyridine rings is 1. The Morgan fingerprint density at radius 1 is 0.593 bits per heavy atom. The van der Waals surface area contributed by atoms with Gasteiger partial charge >= 0.3 is 0 Å². The summed E-state index contributed by atoms with van der Waals surface area (Å²) < 4.78 is 23.9. The van der Waals surface area contributed by atoms with Gasteiger partial charge in [-0.2, -0.15) is 0 Å². The first-order valence-electron chi connectivity index (χ1n) is 19.3. The third kappa shape index (κ3) is 6.50. The van der Waals surface area contributed by atoms with Crippen molar-refractivity contribution in [2.24, 2.45) is 0 Å². The summed E-state index contributed by atoms with van der Waals surface area (Å²) in [6, 6.07) is 24.2. The number of nitrogens with zero attached hydrogens (tertiary/aromatic N) is 5. The fourth-order valence-electron chi connectivity index (χ4n) is 8.52. The highest BCUT2D eigenvalue weighted by atomic mass is 16.5. The summed E-state index contributed by atoms with van der Waals surface area (Å²) in [5.41, 5.74) is 13.3. The molecule has 1 aromatic heterocycles. The highest BCUT2D eigenvalue weighted by Gasteiger charge is 2.43. The number of fused-ring (bicyclic) bond motifs is 6. The molecule has 1 unspecified atom stereocenters. The highest BCUT2D eigenvalue weighted by Crippen LogP contribution is 2.42. The number of carbonyl (C=O) groups excluding carboxylic acids is 4. The molecule has 0 saturated heterocycles. The average Bonchev–Trinajstić information content (AvgIpc) is 3.38. The van der Waals surface area contributed by atoms with Crippen LogP contribution in [0.4, 0.5) is 17.1 Å². The second-order valence-electron chi connectivity index (χ2n) is 15.1. The lowest BCUT2D eigenvalue weighted by molar-refractivity contribution is -0.123. The summed E-state index contributed by atoms with van der Waals surface area (Å²) >= 11 is 0. The molecular weight excluding hydrogens is 753 g/mol. The number of rotatable bonds is 8. The summed E-state index contributed by atoms with van der Waals surface area (Å²) in [6.45, 7) is 0.689. The number of anilines is 3. The molecule has 300 valence electrons. The number of nitrogen functional groups attached to an aromatic ring is 1. The van der Waals surface area contributed by atoms with Crippen molar-refractivity contribution in [3.8, 4) is 23.0 Å². The van der Waals surface area contributed by atoms with Crippen LogP contribution in [0.2, 0.25) is 0 Å². The quantitative estimate of drug-likeness (QED) is 0.214. The van der Waals surface area contributed by atoms with E-state index in [1.807, 2.05) is 60.7 Å². The summed E-state index contributed by atoms with van der Waals surface area (Å²) in [7, 11) is 6.33. The van der Waals surface area contributed by atoms with Crippen LogP contribution in [0.25, 0.3) is 0 Å². The lowest BCUT2D eigenvalue weighted by atomic mass is 9.92.